The first-order valence-corrected chi connectivity index (χ1v) is 5.68. The number of ketones is 1. The lowest BCUT2D eigenvalue weighted by Gasteiger charge is -1.97. The van der Waals surface area contributed by atoms with Crippen LogP contribution in [-0.2, 0) is 11.8 Å². The minimum absolute atomic E-state index is 0.0823. The van der Waals surface area contributed by atoms with Crippen molar-refractivity contribution < 1.29 is 9.53 Å². The Morgan fingerprint density at radius 3 is 2.94 bits per heavy atom. The number of hydrogen-bond donors (Lipinski definition) is 0. The zero-order valence-electron chi connectivity index (χ0n) is 10.1. The lowest BCUT2D eigenvalue weighted by molar-refractivity contribution is 0.0959. The minimum atomic E-state index is 0.0823. The summed E-state index contributed by atoms with van der Waals surface area (Å²) >= 11 is 0. The third-order valence-corrected chi connectivity index (χ3v) is 2.77. The van der Waals surface area contributed by atoms with E-state index in [1.807, 2.05) is 31.3 Å². The zero-order chi connectivity index (χ0) is 12.3. The Morgan fingerprint density at radius 1 is 1.41 bits per heavy atom. The molecule has 0 fully saturated rings. The van der Waals surface area contributed by atoms with Crippen LogP contribution in [0.4, 0.5) is 0 Å². The fraction of sp³-hybridized carbons (Fsp3) is 0.385. The number of nitrogens with zero attached hydrogens (tertiary/aromatic N) is 2. The summed E-state index contributed by atoms with van der Waals surface area (Å²) in [5.74, 6) is 0.0823. The summed E-state index contributed by atoms with van der Waals surface area (Å²) in [4.78, 5) is 12.0. The number of aryl methyl sites for hydroxylation is 1. The molecule has 17 heavy (non-hydrogen) atoms. The van der Waals surface area contributed by atoms with Gasteiger partial charge in [-0.1, -0.05) is 18.2 Å². The highest BCUT2D eigenvalue weighted by molar-refractivity contribution is 6.05. The highest BCUT2D eigenvalue weighted by atomic mass is 16.5. The van der Waals surface area contributed by atoms with Gasteiger partial charge in [0.1, 0.15) is 5.69 Å². The molecule has 4 nitrogen and oxygen atoms in total. The van der Waals surface area contributed by atoms with Crippen molar-refractivity contribution in [2.45, 2.75) is 12.8 Å². The molecule has 1 aromatic carbocycles. The summed E-state index contributed by atoms with van der Waals surface area (Å²) in [7, 11) is 3.49. The number of fused-ring (bicyclic) bond motifs is 1. The average Bonchev–Trinajstić information content (AvgIpc) is 2.68. The molecule has 0 saturated heterocycles. The van der Waals surface area contributed by atoms with Gasteiger partial charge in [0, 0.05) is 32.6 Å². The molecule has 0 bridgehead atoms. The van der Waals surface area contributed by atoms with Gasteiger partial charge in [-0.3, -0.25) is 9.48 Å². The number of hydrogen-bond acceptors (Lipinski definition) is 3. The number of ether oxygens (including phenoxy) is 1. The Bertz CT molecular complexity index is 531. The van der Waals surface area contributed by atoms with E-state index in [9.17, 15) is 4.79 Å². The topological polar surface area (TPSA) is 44.1 Å². The van der Waals surface area contributed by atoms with E-state index in [0.717, 1.165) is 17.3 Å². The van der Waals surface area contributed by atoms with Crippen molar-refractivity contribution in [2.24, 2.45) is 7.05 Å². The molecule has 0 spiro atoms. The lowest BCUT2D eigenvalue weighted by atomic mass is 10.1. The second kappa shape index (κ2) is 5.10. The Morgan fingerprint density at radius 2 is 2.18 bits per heavy atom. The van der Waals surface area contributed by atoms with E-state index in [4.69, 9.17) is 4.74 Å². The number of methoxy groups -OCH3 is 1. The van der Waals surface area contributed by atoms with Crippen LogP contribution >= 0.6 is 0 Å². The van der Waals surface area contributed by atoms with Gasteiger partial charge in [-0.2, -0.15) is 5.10 Å². The number of aromatic nitrogens is 2. The van der Waals surface area contributed by atoms with E-state index in [0.29, 0.717) is 18.7 Å². The molecule has 0 N–H and O–H groups in total. The second-order valence-corrected chi connectivity index (χ2v) is 4.01. The van der Waals surface area contributed by atoms with Crippen LogP contribution in [0.3, 0.4) is 0 Å². The van der Waals surface area contributed by atoms with E-state index in [1.165, 1.54) is 0 Å². The van der Waals surface area contributed by atoms with Crippen LogP contribution in [0, 0.1) is 0 Å². The fourth-order valence-electron chi connectivity index (χ4n) is 1.92. The van der Waals surface area contributed by atoms with Crippen LogP contribution in [0.2, 0.25) is 0 Å². The molecule has 1 aromatic heterocycles. The van der Waals surface area contributed by atoms with Crippen LogP contribution in [0.25, 0.3) is 10.9 Å². The molecule has 0 atom stereocenters. The van der Waals surface area contributed by atoms with E-state index >= 15 is 0 Å². The first kappa shape index (κ1) is 11.8. The van der Waals surface area contributed by atoms with E-state index < -0.39 is 0 Å². The summed E-state index contributed by atoms with van der Waals surface area (Å²) in [6, 6.07) is 7.78. The summed E-state index contributed by atoms with van der Waals surface area (Å²) in [6.07, 6.45) is 1.22. The van der Waals surface area contributed by atoms with Gasteiger partial charge in [-0.25, -0.2) is 0 Å². The highest BCUT2D eigenvalue weighted by Crippen LogP contribution is 2.19. The number of benzene rings is 1. The SMILES string of the molecule is COCCCC(=O)c1nn(C)c2ccccc12. The Kier molecular flexibility index (Phi) is 3.54. The van der Waals surface area contributed by atoms with Crippen LogP contribution in [-0.4, -0.2) is 29.3 Å². The van der Waals surface area contributed by atoms with Crippen LogP contribution in [0.15, 0.2) is 24.3 Å². The van der Waals surface area contributed by atoms with Crippen LogP contribution in [0.5, 0.6) is 0 Å². The van der Waals surface area contributed by atoms with Crippen LogP contribution in [0.1, 0.15) is 23.3 Å². The molecule has 0 saturated carbocycles. The zero-order valence-corrected chi connectivity index (χ0v) is 10.1. The molecule has 0 aliphatic heterocycles. The van der Waals surface area contributed by atoms with Gasteiger partial charge in [0.25, 0.3) is 0 Å². The number of Topliss-reactive ketones (excluding diaryl/α,β-unsaturated/α-hetero) is 1. The predicted octanol–water partition coefficient (Wildman–Crippen LogP) is 2.18. The van der Waals surface area contributed by atoms with Gasteiger partial charge >= 0.3 is 0 Å². The largest absolute Gasteiger partial charge is 0.385 e. The molecule has 2 rings (SSSR count). The molecule has 0 unspecified atom stereocenters. The number of carbonyl (C=O) groups excluding carboxylic acids is 1. The third kappa shape index (κ3) is 2.36. The number of carbonyl (C=O) groups is 1. The quantitative estimate of drug-likeness (QED) is 0.586. The van der Waals surface area contributed by atoms with E-state index in [2.05, 4.69) is 5.10 Å². The molecule has 0 amide bonds. The first-order valence-electron chi connectivity index (χ1n) is 5.68. The molecule has 0 aliphatic rings. The molecular formula is C13H16N2O2. The normalized spacial score (nSPS) is 10.9. The third-order valence-electron chi connectivity index (χ3n) is 2.77. The van der Waals surface area contributed by atoms with E-state index in [1.54, 1.807) is 11.8 Å². The first-order chi connectivity index (χ1) is 8.24. The number of para-hydroxylation sites is 1. The summed E-state index contributed by atoms with van der Waals surface area (Å²) in [5, 5.41) is 5.22. The summed E-state index contributed by atoms with van der Waals surface area (Å²) in [5.41, 5.74) is 1.56. The Labute approximate surface area is 100 Å². The van der Waals surface area contributed by atoms with Crippen LogP contribution < -0.4 is 0 Å². The van der Waals surface area contributed by atoms with E-state index in [-0.39, 0.29) is 5.78 Å². The highest BCUT2D eigenvalue weighted by Gasteiger charge is 2.14. The van der Waals surface area contributed by atoms with Crippen molar-refractivity contribution in [3.05, 3.63) is 30.0 Å². The van der Waals surface area contributed by atoms with Crippen molar-refractivity contribution in [3.63, 3.8) is 0 Å². The van der Waals surface area contributed by atoms with Gasteiger partial charge < -0.3 is 4.74 Å². The number of rotatable bonds is 5. The Balaban J connectivity index is 2.26. The van der Waals surface area contributed by atoms with Crippen molar-refractivity contribution in [1.82, 2.24) is 9.78 Å². The molecule has 1 heterocycles. The minimum Gasteiger partial charge on any atom is -0.385 e. The molecule has 2 aromatic rings. The fourth-order valence-corrected chi connectivity index (χ4v) is 1.92. The van der Waals surface area contributed by atoms with Gasteiger partial charge in [-0.15, -0.1) is 0 Å². The molecular weight excluding hydrogens is 216 g/mol. The van der Waals surface area contributed by atoms with Crippen molar-refractivity contribution in [3.8, 4) is 0 Å². The maximum atomic E-state index is 12.0. The summed E-state index contributed by atoms with van der Waals surface area (Å²) in [6.45, 7) is 0.608. The molecule has 0 aliphatic carbocycles. The lowest BCUT2D eigenvalue weighted by Crippen LogP contribution is -2.03. The maximum Gasteiger partial charge on any atom is 0.183 e. The van der Waals surface area contributed by atoms with Crippen molar-refractivity contribution >= 4 is 16.7 Å². The maximum absolute atomic E-state index is 12.0. The molecule has 4 heteroatoms. The van der Waals surface area contributed by atoms with Gasteiger partial charge in [-0.05, 0) is 12.5 Å². The summed E-state index contributed by atoms with van der Waals surface area (Å²) < 4.78 is 6.69. The standard InChI is InChI=1S/C13H16N2O2/c1-15-11-7-4-3-6-10(11)13(14-15)12(16)8-5-9-17-2/h3-4,6-7H,5,8-9H2,1-2H3. The average molecular weight is 232 g/mol. The predicted molar refractivity (Wildman–Crippen MR) is 66.2 cm³/mol. The van der Waals surface area contributed by atoms with Gasteiger partial charge in [0.15, 0.2) is 5.78 Å². The Hall–Kier alpha value is -1.68. The molecule has 90 valence electrons. The monoisotopic (exact) mass is 232 g/mol. The molecule has 0 radical (unpaired) electrons. The van der Waals surface area contributed by atoms with Crippen molar-refractivity contribution in [2.75, 3.05) is 13.7 Å². The second-order valence-electron chi connectivity index (χ2n) is 4.01. The smallest absolute Gasteiger partial charge is 0.183 e. The van der Waals surface area contributed by atoms with Gasteiger partial charge in [0.2, 0.25) is 0 Å². The van der Waals surface area contributed by atoms with Gasteiger partial charge in [0.05, 0.1) is 5.52 Å². The van der Waals surface area contributed by atoms with Crippen molar-refractivity contribution in [1.29, 1.82) is 0 Å².